The summed E-state index contributed by atoms with van der Waals surface area (Å²) in [6, 6.07) is 9.86. The van der Waals surface area contributed by atoms with Crippen LogP contribution in [0.25, 0.3) is 0 Å². The zero-order valence-electron chi connectivity index (χ0n) is 11.4. The van der Waals surface area contributed by atoms with Crippen LogP contribution in [0.4, 0.5) is 0 Å². The van der Waals surface area contributed by atoms with E-state index in [-0.39, 0.29) is 22.4 Å². The lowest BCUT2D eigenvalue weighted by Gasteiger charge is -2.08. The van der Waals surface area contributed by atoms with E-state index in [1.54, 1.807) is 30.3 Å². The van der Waals surface area contributed by atoms with Gasteiger partial charge in [0.25, 0.3) is 0 Å². The van der Waals surface area contributed by atoms with Crippen molar-refractivity contribution >= 4 is 34.8 Å². The van der Waals surface area contributed by atoms with Crippen molar-refractivity contribution in [2.24, 2.45) is 0 Å². The summed E-state index contributed by atoms with van der Waals surface area (Å²) in [6.45, 7) is 0.691. The topological polar surface area (TPSA) is 38.7 Å². The first-order valence-corrected chi connectivity index (χ1v) is 7.54. The van der Waals surface area contributed by atoms with Crippen LogP contribution in [0.1, 0.15) is 0 Å². The number of phenolic OH excluding ortho intramolecular Hbond substituents is 1. The van der Waals surface area contributed by atoms with E-state index in [2.05, 4.69) is 0 Å². The fraction of sp³-hybridized carbons (Fsp3) is 0.125. The number of benzene rings is 2. The van der Waals surface area contributed by atoms with E-state index in [1.807, 2.05) is 6.08 Å². The van der Waals surface area contributed by atoms with Gasteiger partial charge in [0.1, 0.15) is 24.7 Å². The molecular weight excluding hydrogens is 347 g/mol. The maximum absolute atomic E-state index is 9.32. The predicted molar refractivity (Wildman–Crippen MR) is 89.7 cm³/mol. The van der Waals surface area contributed by atoms with Crippen LogP contribution in [0.3, 0.4) is 0 Å². The highest BCUT2D eigenvalue weighted by Crippen LogP contribution is 2.36. The second-order valence-electron chi connectivity index (χ2n) is 4.29. The number of hydrogen-bond acceptors (Lipinski definition) is 3. The highest BCUT2D eigenvalue weighted by atomic mass is 35.5. The molecule has 1 N–H and O–H groups in total. The van der Waals surface area contributed by atoms with Crippen molar-refractivity contribution < 1.29 is 14.6 Å². The molecule has 6 heteroatoms. The second-order valence-corrected chi connectivity index (χ2v) is 5.54. The molecule has 0 atom stereocenters. The fourth-order valence-electron chi connectivity index (χ4n) is 1.63. The van der Waals surface area contributed by atoms with Gasteiger partial charge in [-0.25, -0.2) is 0 Å². The van der Waals surface area contributed by atoms with Gasteiger partial charge in [-0.05, 0) is 36.4 Å². The molecule has 0 unspecified atom stereocenters. The molecule has 0 bridgehead atoms. The molecule has 0 saturated heterocycles. The van der Waals surface area contributed by atoms with Crippen molar-refractivity contribution in [3.05, 3.63) is 63.6 Å². The zero-order chi connectivity index (χ0) is 15.9. The highest BCUT2D eigenvalue weighted by Gasteiger charge is 2.08. The molecule has 3 nitrogen and oxygen atoms in total. The summed E-state index contributed by atoms with van der Waals surface area (Å²) in [5.74, 6) is 1.07. The smallest absolute Gasteiger partial charge is 0.157 e. The van der Waals surface area contributed by atoms with Crippen molar-refractivity contribution in [3.63, 3.8) is 0 Å². The standard InChI is InChI=1S/C16H13Cl3O3/c17-11-3-5-13(6-4-11)21-7-1-2-8-22-16-14(18)9-12(20)10-15(16)19/h1-6,9-10,20H,7-8H2/b2-1-. The van der Waals surface area contributed by atoms with Gasteiger partial charge in [0.2, 0.25) is 0 Å². The van der Waals surface area contributed by atoms with Crippen LogP contribution in [0.2, 0.25) is 15.1 Å². The Morgan fingerprint density at radius 2 is 1.41 bits per heavy atom. The molecule has 2 aromatic carbocycles. The molecule has 0 aromatic heterocycles. The van der Waals surface area contributed by atoms with Crippen molar-refractivity contribution in [2.75, 3.05) is 13.2 Å². The number of aromatic hydroxyl groups is 1. The van der Waals surface area contributed by atoms with Gasteiger partial charge in [0.15, 0.2) is 5.75 Å². The number of halogens is 3. The minimum absolute atomic E-state index is 0.00532. The molecule has 0 amide bonds. The lowest BCUT2D eigenvalue weighted by Crippen LogP contribution is -1.97. The summed E-state index contributed by atoms with van der Waals surface area (Å²) >= 11 is 17.7. The Hall–Kier alpha value is -1.55. The Labute approximate surface area is 143 Å². The summed E-state index contributed by atoms with van der Waals surface area (Å²) in [4.78, 5) is 0. The normalized spacial score (nSPS) is 10.9. The molecule has 0 fully saturated rings. The summed E-state index contributed by atoms with van der Waals surface area (Å²) in [5.41, 5.74) is 0. The quantitative estimate of drug-likeness (QED) is 0.705. The number of phenols is 1. The predicted octanol–water partition coefficient (Wildman–Crippen LogP) is 5.37. The lowest BCUT2D eigenvalue weighted by atomic mass is 10.3. The van der Waals surface area contributed by atoms with Gasteiger partial charge < -0.3 is 14.6 Å². The molecule has 0 spiro atoms. The van der Waals surface area contributed by atoms with Gasteiger partial charge in [-0.15, -0.1) is 0 Å². The van der Waals surface area contributed by atoms with Crippen LogP contribution in [-0.2, 0) is 0 Å². The Bertz CT molecular complexity index is 631. The van der Waals surface area contributed by atoms with Crippen LogP contribution in [-0.4, -0.2) is 18.3 Å². The van der Waals surface area contributed by atoms with E-state index >= 15 is 0 Å². The third-order valence-electron chi connectivity index (χ3n) is 2.63. The lowest BCUT2D eigenvalue weighted by molar-refractivity contribution is 0.350. The van der Waals surface area contributed by atoms with Gasteiger partial charge in [0, 0.05) is 17.2 Å². The Kier molecular flexibility index (Phi) is 6.25. The molecular formula is C16H13Cl3O3. The number of rotatable bonds is 6. The van der Waals surface area contributed by atoms with E-state index in [0.29, 0.717) is 17.4 Å². The van der Waals surface area contributed by atoms with Crippen molar-refractivity contribution in [1.82, 2.24) is 0 Å². The maximum Gasteiger partial charge on any atom is 0.157 e. The van der Waals surface area contributed by atoms with Crippen molar-refractivity contribution in [2.45, 2.75) is 0 Å². The van der Waals surface area contributed by atoms with Crippen LogP contribution >= 0.6 is 34.8 Å². The molecule has 22 heavy (non-hydrogen) atoms. The van der Waals surface area contributed by atoms with Gasteiger partial charge in [-0.2, -0.15) is 0 Å². The summed E-state index contributed by atoms with van der Waals surface area (Å²) in [5, 5.41) is 10.5. The van der Waals surface area contributed by atoms with Gasteiger partial charge >= 0.3 is 0 Å². The van der Waals surface area contributed by atoms with Crippen LogP contribution in [0.15, 0.2) is 48.6 Å². The molecule has 0 aliphatic carbocycles. The number of hydrogen-bond donors (Lipinski definition) is 1. The average molecular weight is 360 g/mol. The van der Waals surface area contributed by atoms with Crippen LogP contribution in [0.5, 0.6) is 17.2 Å². The molecule has 0 aliphatic rings. The van der Waals surface area contributed by atoms with E-state index in [0.717, 1.165) is 5.75 Å². The summed E-state index contributed by atoms with van der Waals surface area (Å²) in [7, 11) is 0. The molecule has 0 heterocycles. The highest BCUT2D eigenvalue weighted by molar-refractivity contribution is 6.37. The maximum atomic E-state index is 9.32. The molecule has 0 radical (unpaired) electrons. The molecule has 116 valence electrons. The third kappa shape index (κ3) is 5.02. The molecule has 0 saturated carbocycles. The fourth-order valence-corrected chi connectivity index (χ4v) is 2.34. The first kappa shape index (κ1) is 16.8. The first-order chi connectivity index (χ1) is 10.6. The average Bonchev–Trinajstić information content (AvgIpc) is 2.46. The molecule has 0 aliphatic heterocycles. The van der Waals surface area contributed by atoms with E-state index in [4.69, 9.17) is 44.3 Å². The van der Waals surface area contributed by atoms with Crippen LogP contribution < -0.4 is 9.47 Å². The van der Waals surface area contributed by atoms with Crippen molar-refractivity contribution in [1.29, 1.82) is 0 Å². The first-order valence-electron chi connectivity index (χ1n) is 6.40. The Morgan fingerprint density at radius 1 is 0.864 bits per heavy atom. The SMILES string of the molecule is Oc1cc(Cl)c(OC/C=C\COc2ccc(Cl)cc2)c(Cl)c1. The zero-order valence-corrected chi connectivity index (χ0v) is 13.7. The molecule has 2 rings (SSSR count). The largest absolute Gasteiger partial charge is 0.508 e. The minimum Gasteiger partial charge on any atom is -0.508 e. The number of ether oxygens (including phenoxy) is 2. The Morgan fingerprint density at radius 3 is 2.00 bits per heavy atom. The Balaban J connectivity index is 1.78. The minimum atomic E-state index is -0.00532. The molecule has 2 aromatic rings. The monoisotopic (exact) mass is 358 g/mol. The van der Waals surface area contributed by atoms with Crippen LogP contribution in [0, 0.1) is 0 Å². The van der Waals surface area contributed by atoms with Gasteiger partial charge in [-0.3, -0.25) is 0 Å². The van der Waals surface area contributed by atoms with Gasteiger partial charge in [0.05, 0.1) is 10.0 Å². The summed E-state index contributed by atoms with van der Waals surface area (Å²) < 4.78 is 10.9. The second kappa shape index (κ2) is 8.18. The van der Waals surface area contributed by atoms with Gasteiger partial charge in [-0.1, -0.05) is 34.8 Å². The van der Waals surface area contributed by atoms with E-state index < -0.39 is 0 Å². The van der Waals surface area contributed by atoms with E-state index in [9.17, 15) is 5.11 Å². The van der Waals surface area contributed by atoms with E-state index in [1.165, 1.54) is 12.1 Å². The van der Waals surface area contributed by atoms with Crippen molar-refractivity contribution in [3.8, 4) is 17.2 Å². The summed E-state index contributed by atoms with van der Waals surface area (Å²) in [6.07, 6.45) is 3.60. The third-order valence-corrected chi connectivity index (χ3v) is 3.45.